The summed E-state index contributed by atoms with van der Waals surface area (Å²) < 4.78 is 10.4. The number of hydrogen-bond acceptors (Lipinski definition) is 7. The van der Waals surface area contributed by atoms with E-state index in [1.807, 2.05) is 78.9 Å². The van der Waals surface area contributed by atoms with Gasteiger partial charge in [-0.25, -0.2) is 4.79 Å². The van der Waals surface area contributed by atoms with Crippen LogP contribution in [0.25, 0.3) is 0 Å². The second kappa shape index (κ2) is 16.0. The Morgan fingerprint density at radius 3 is 1.69 bits per heavy atom. The van der Waals surface area contributed by atoms with Gasteiger partial charge in [-0.2, -0.15) is 0 Å². The van der Waals surface area contributed by atoms with E-state index in [1.54, 1.807) is 39.8 Å². The fourth-order valence-electron chi connectivity index (χ4n) is 4.63. The predicted molar refractivity (Wildman–Crippen MR) is 168 cm³/mol. The number of alkyl carbamates (subject to hydrolysis) is 1. The van der Waals surface area contributed by atoms with Crippen molar-refractivity contribution in [3.63, 3.8) is 0 Å². The first kappa shape index (κ1) is 34.3. The molecule has 238 valence electrons. The second-order valence-corrected chi connectivity index (χ2v) is 11.5. The van der Waals surface area contributed by atoms with Gasteiger partial charge in [0.05, 0.1) is 6.54 Å². The van der Waals surface area contributed by atoms with Crippen LogP contribution in [0.3, 0.4) is 0 Å². The molecule has 11 heteroatoms. The molecule has 0 aliphatic carbocycles. The molecule has 11 nitrogen and oxygen atoms in total. The van der Waals surface area contributed by atoms with Crippen LogP contribution in [0.5, 0.6) is 0 Å². The largest absolute Gasteiger partial charge is 0.459 e. The zero-order valence-corrected chi connectivity index (χ0v) is 25.9. The molecule has 0 fully saturated rings. The molecule has 0 spiro atoms. The molecule has 0 aliphatic heterocycles. The summed E-state index contributed by atoms with van der Waals surface area (Å²) in [6, 6.07) is 27.4. The molecule has 0 unspecified atom stereocenters. The highest BCUT2D eigenvalue weighted by molar-refractivity contribution is 5.95. The fraction of sp³-hybridized carbons (Fsp3) is 0.324. The van der Waals surface area contributed by atoms with Crippen LogP contribution in [0.2, 0.25) is 0 Å². The van der Waals surface area contributed by atoms with Crippen molar-refractivity contribution < 1.29 is 33.4 Å². The third-order valence-corrected chi connectivity index (χ3v) is 6.58. The van der Waals surface area contributed by atoms with Gasteiger partial charge in [0.2, 0.25) is 17.7 Å². The molecule has 4 N–H and O–H groups in total. The van der Waals surface area contributed by atoms with E-state index in [1.165, 1.54) is 0 Å². The number of carbonyl (C=O) groups excluding carboxylic acids is 5. The Morgan fingerprint density at radius 1 is 0.644 bits per heavy atom. The molecule has 0 radical (unpaired) electrons. The van der Waals surface area contributed by atoms with Crippen LogP contribution in [0.15, 0.2) is 91.0 Å². The zero-order valence-electron chi connectivity index (χ0n) is 25.9. The van der Waals surface area contributed by atoms with Crippen molar-refractivity contribution in [2.45, 2.75) is 51.4 Å². The number of nitrogens with one attached hydrogen (secondary N) is 4. The first-order valence-corrected chi connectivity index (χ1v) is 14.5. The number of amides is 4. The van der Waals surface area contributed by atoms with E-state index in [4.69, 9.17) is 9.47 Å². The molecular formula is C34H40N4O7. The third-order valence-electron chi connectivity index (χ3n) is 6.58. The van der Waals surface area contributed by atoms with Crippen LogP contribution in [0.1, 0.15) is 50.3 Å². The Labute approximate surface area is 263 Å². The Morgan fingerprint density at radius 2 is 1.16 bits per heavy atom. The summed E-state index contributed by atoms with van der Waals surface area (Å²) in [5, 5.41) is 10.2. The molecular weight excluding hydrogens is 576 g/mol. The van der Waals surface area contributed by atoms with Crippen LogP contribution in [0, 0.1) is 0 Å². The number of rotatable bonds is 13. The summed E-state index contributed by atoms with van der Waals surface area (Å²) in [7, 11) is 0. The maximum atomic E-state index is 13.9. The SMILES string of the molecule is CC(C)(C)OC(=O)CNC(=O)[C@](C)(NC(=O)CNC(=O)CNC(=O)OCc1ccccc1)C(c1ccccc1)c1ccccc1. The van der Waals surface area contributed by atoms with Gasteiger partial charge in [-0.3, -0.25) is 19.2 Å². The van der Waals surface area contributed by atoms with E-state index in [2.05, 4.69) is 21.3 Å². The quantitative estimate of drug-likeness (QED) is 0.215. The van der Waals surface area contributed by atoms with Gasteiger partial charge in [-0.15, -0.1) is 0 Å². The van der Waals surface area contributed by atoms with E-state index in [0.29, 0.717) is 0 Å². The standard InChI is InChI=1S/C34H40N4O7/c1-33(2,3)45-29(41)22-36-31(42)34(4,30(25-16-10-6-11-17-25)26-18-12-7-13-19-26)38-28(40)21-35-27(39)20-37-32(43)44-23-24-14-8-5-9-15-24/h5-19,30H,20-23H2,1-4H3,(H,35,39)(H,36,42)(H,37,43)(H,38,40)/t34-/m1/s1. The molecule has 0 aliphatic rings. The molecule has 3 aromatic rings. The first-order chi connectivity index (χ1) is 21.4. The summed E-state index contributed by atoms with van der Waals surface area (Å²) in [6.07, 6.45) is -0.791. The molecule has 0 saturated carbocycles. The minimum Gasteiger partial charge on any atom is -0.459 e. The van der Waals surface area contributed by atoms with E-state index < -0.39 is 66.5 Å². The van der Waals surface area contributed by atoms with Gasteiger partial charge in [-0.05, 0) is 44.4 Å². The molecule has 0 heterocycles. The highest BCUT2D eigenvalue weighted by Gasteiger charge is 2.44. The third kappa shape index (κ3) is 11.1. The summed E-state index contributed by atoms with van der Waals surface area (Å²) in [5.74, 6) is -3.25. The van der Waals surface area contributed by atoms with E-state index in [-0.39, 0.29) is 6.61 Å². The van der Waals surface area contributed by atoms with Gasteiger partial charge in [0, 0.05) is 5.92 Å². The number of carbonyl (C=O) groups is 5. The smallest absolute Gasteiger partial charge is 0.407 e. The molecule has 0 aromatic heterocycles. The van der Waals surface area contributed by atoms with E-state index in [9.17, 15) is 24.0 Å². The molecule has 0 saturated heterocycles. The maximum absolute atomic E-state index is 13.9. The lowest BCUT2D eigenvalue weighted by atomic mass is 9.75. The number of benzene rings is 3. The Bertz CT molecular complexity index is 1400. The Balaban J connectivity index is 1.71. The molecule has 45 heavy (non-hydrogen) atoms. The summed E-state index contributed by atoms with van der Waals surface area (Å²) in [5.41, 5.74) is -0.105. The minimum atomic E-state index is -1.62. The van der Waals surface area contributed by atoms with Crippen LogP contribution in [-0.2, 0) is 35.3 Å². The Kier molecular flexibility index (Phi) is 12.2. The number of hydrogen-bond donors (Lipinski definition) is 4. The van der Waals surface area contributed by atoms with Crippen LogP contribution < -0.4 is 21.3 Å². The van der Waals surface area contributed by atoms with Crippen molar-refractivity contribution in [3.05, 3.63) is 108 Å². The summed E-state index contributed by atoms with van der Waals surface area (Å²) in [6.45, 7) is 5.43. The molecule has 1 atom stereocenters. The minimum absolute atomic E-state index is 0.0370. The lowest BCUT2D eigenvalue weighted by Crippen LogP contribution is -2.62. The lowest BCUT2D eigenvalue weighted by molar-refractivity contribution is -0.154. The van der Waals surface area contributed by atoms with Gasteiger partial charge in [0.25, 0.3) is 0 Å². The van der Waals surface area contributed by atoms with Gasteiger partial charge < -0.3 is 30.7 Å². The zero-order chi connectivity index (χ0) is 32.9. The van der Waals surface area contributed by atoms with Crippen molar-refractivity contribution in [1.29, 1.82) is 0 Å². The van der Waals surface area contributed by atoms with Gasteiger partial charge >= 0.3 is 12.1 Å². The van der Waals surface area contributed by atoms with Crippen molar-refractivity contribution in [2.24, 2.45) is 0 Å². The van der Waals surface area contributed by atoms with E-state index in [0.717, 1.165) is 16.7 Å². The van der Waals surface area contributed by atoms with Crippen LogP contribution in [0.4, 0.5) is 4.79 Å². The highest BCUT2D eigenvalue weighted by Crippen LogP contribution is 2.35. The van der Waals surface area contributed by atoms with Crippen molar-refractivity contribution >= 4 is 29.8 Å². The average molecular weight is 617 g/mol. The van der Waals surface area contributed by atoms with Crippen molar-refractivity contribution in [3.8, 4) is 0 Å². The summed E-state index contributed by atoms with van der Waals surface area (Å²) in [4.78, 5) is 63.9. The van der Waals surface area contributed by atoms with Crippen LogP contribution in [-0.4, -0.2) is 60.6 Å². The first-order valence-electron chi connectivity index (χ1n) is 14.5. The monoisotopic (exact) mass is 616 g/mol. The van der Waals surface area contributed by atoms with Gasteiger partial charge in [0.1, 0.15) is 30.8 Å². The van der Waals surface area contributed by atoms with Gasteiger partial charge in [-0.1, -0.05) is 91.0 Å². The maximum Gasteiger partial charge on any atom is 0.407 e. The van der Waals surface area contributed by atoms with Crippen molar-refractivity contribution in [2.75, 3.05) is 19.6 Å². The lowest BCUT2D eigenvalue weighted by Gasteiger charge is -2.38. The van der Waals surface area contributed by atoms with E-state index >= 15 is 0 Å². The fourth-order valence-corrected chi connectivity index (χ4v) is 4.63. The molecule has 0 bridgehead atoms. The molecule has 3 aromatic carbocycles. The van der Waals surface area contributed by atoms with Gasteiger partial charge in [0.15, 0.2) is 0 Å². The predicted octanol–water partition coefficient (Wildman–Crippen LogP) is 3.19. The molecule has 3 rings (SSSR count). The topological polar surface area (TPSA) is 152 Å². The molecule has 4 amide bonds. The summed E-state index contributed by atoms with van der Waals surface area (Å²) >= 11 is 0. The highest BCUT2D eigenvalue weighted by atomic mass is 16.6. The average Bonchev–Trinajstić information content (AvgIpc) is 3.01. The number of ether oxygens (including phenoxy) is 2. The number of esters is 1. The van der Waals surface area contributed by atoms with Crippen LogP contribution >= 0.6 is 0 Å². The second-order valence-electron chi connectivity index (χ2n) is 11.5. The van der Waals surface area contributed by atoms with Crippen molar-refractivity contribution in [1.82, 2.24) is 21.3 Å². The Hall–Kier alpha value is -5.19. The normalized spacial score (nSPS) is 12.3.